The van der Waals surface area contributed by atoms with Gasteiger partial charge in [-0.25, -0.2) is 0 Å². The Morgan fingerprint density at radius 3 is 1.65 bits per heavy atom. The summed E-state index contributed by atoms with van der Waals surface area (Å²) in [4.78, 5) is 2.32. The standard InChI is InChI=1S/C18H18N2/c19-15-18(20-13-7-8-14-20,16-9-3-1-4-10-16)17-11-5-2-6-12-17/h1-6,9-12H,7-8,13-14H2. The van der Waals surface area contributed by atoms with Crippen LogP contribution in [-0.2, 0) is 5.54 Å². The van der Waals surface area contributed by atoms with Gasteiger partial charge in [-0.3, -0.25) is 4.90 Å². The van der Waals surface area contributed by atoms with Crippen LogP contribution in [0.25, 0.3) is 0 Å². The summed E-state index contributed by atoms with van der Waals surface area (Å²) in [6.07, 6.45) is 2.34. The molecule has 2 aromatic rings. The minimum absolute atomic E-state index is 0.654. The Morgan fingerprint density at radius 2 is 1.25 bits per heavy atom. The highest BCUT2D eigenvalue weighted by molar-refractivity contribution is 5.45. The zero-order valence-electron chi connectivity index (χ0n) is 11.5. The van der Waals surface area contributed by atoms with Crippen molar-refractivity contribution in [3.05, 3.63) is 71.8 Å². The van der Waals surface area contributed by atoms with Gasteiger partial charge in [0.05, 0.1) is 6.07 Å². The summed E-state index contributed by atoms with van der Waals surface area (Å²) < 4.78 is 0. The van der Waals surface area contributed by atoms with Crippen LogP contribution in [0.4, 0.5) is 0 Å². The third-order valence-electron chi connectivity index (χ3n) is 4.13. The topological polar surface area (TPSA) is 27.0 Å². The normalized spacial score (nSPS) is 15.9. The largest absolute Gasteiger partial charge is 0.278 e. The molecule has 0 spiro atoms. The van der Waals surface area contributed by atoms with Crippen molar-refractivity contribution in [2.24, 2.45) is 0 Å². The van der Waals surface area contributed by atoms with Crippen LogP contribution >= 0.6 is 0 Å². The van der Waals surface area contributed by atoms with Gasteiger partial charge < -0.3 is 0 Å². The highest BCUT2D eigenvalue weighted by Crippen LogP contribution is 2.37. The van der Waals surface area contributed by atoms with E-state index in [0.29, 0.717) is 0 Å². The number of benzene rings is 2. The molecule has 1 aliphatic rings. The van der Waals surface area contributed by atoms with Crippen LogP contribution in [0.3, 0.4) is 0 Å². The van der Waals surface area contributed by atoms with Gasteiger partial charge in [0, 0.05) is 13.1 Å². The molecule has 3 rings (SSSR count). The number of rotatable bonds is 3. The maximum atomic E-state index is 10.1. The molecule has 20 heavy (non-hydrogen) atoms. The molecule has 1 saturated heterocycles. The predicted octanol–water partition coefficient (Wildman–Crippen LogP) is 3.55. The number of hydrogen-bond donors (Lipinski definition) is 0. The molecule has 0 aliphatic carbocycles. The van der Waals surface area contributed by atoms with E-state index in [0.717, 1.165) is 24.2 Å². The predicted molar refractivity (Wildman–Crippen MR) is 80.1 cm³/mol. The Hall–Kier alpha value is -2.11. The average Bonchev–Trinajstić information content (AvgIpc) is 3.06. The molecule has 0 atom stereocenters. The monoisotopic (exact) mass is 262 g/mol. The fourth-order valence-electron chi connectivity index (χ4n) is 3.14. The summed E-state index contributed by atoms with van der Waals surface area (Å²) in [6.45, 7) is 1.97. The quantitative estimate of drug-likeness (QED) is 0.845. The molecule has 2 aromatic carbocycles. The molecule has 0 unspecified atom stereocenters. The van der Waals surface area contributed by atoms with E-state index < -0.39 is 5.54 Å². The molecule has 100 valence electrons. The highest BCUT2D eigenvalue weighted by atomic mass is 15.2. The maximum absolute atomic E-state index is 10.1. The number of nitriles is 1. The molecule has 0 radical (unpaired) electrons. The zero-order chi connectivity index (χ0) is 13.8. The highest BCUT2D eigenvalue weighted by Gasteiger charge is 2.41. The average molecular weight is 262 g/mol. The van der Waals surface area contributed by atoms with Crippen molar-refractivity contribution >= 4 is 0 Å². The maximum Gasteiger partial charge on any atom is 0.160 e. The first-order valence-electron chi connectivity index (χ1n) is 7.15. The molecule has 2 nitrogen and oxygen atoms in total. The summed E-state index contributed by atoms with van der Waals surface area (Å²) in [5, 5.41) is 10.1. The van der Waals surface area contributed by atoms with Crippen LogP contribution in [0, 0.1) is 11.3 Å². The molecule has 1 fully saturated rings. The Bertz CT molecular complexity index is 553. The van der Waals surface area contributed by atoms with Crippen molar-refractivity contribution in [2.75, 3.05) is 13.1 Å². The summed E-state index contributed by atoms with van der Waals surface area (Å²) >= 11 is 0. The molecule has 1 heterocycles. The summed E-state index contributed by atoms with van der Waals surface area (Å²) in [7, 11) is 0. The summed E-state index contributed by atoms with van der Waals surface area (Å²) in [5.41, 5.74) is 1.48. The smallest absolute Gasteiger partial charge is 0.160 e. The van der Waals surface area contributed by atoms with Crippen molar-refractivity contribution in [1.29, 1.82) is 5.26 Å². The lowest BCUT2D eigenvalue weighted by Gasteiger charge is -2.37. The fourth-order valence-corrected chi connectivity index (χ4v) is 3.14. The van der Waals surface area contributed by atoms with Gasteiger partial charge in [-0.1, -0.05) is 60.7 Å². The molecule has 2 heteroatoms. The van der Waals surface area contributed by atoms with Gasteiger partial charge in [-0.05, 0) is 24.0 Å². The van der Waals surface area contributed by atoms with Gasteiger partial charge in [-0.15, -0.1) is 0 Å². The third-order valence-corrected chi connectivity index (χ3v) is 4.13. The lowest BCUT2D eigenvalue weighted by molar-refractivity contribution is 0.214. The SMILES string of the molecule is N#CC(c1ccccc1)(c1ccccc1)N1CCCC1. The first-order chi connectivity index (χ1) is 9.88. The molecule has 0 saturated carbocycles. The van der Waals surface area contributed by atoms with E-state index in [9.17, 15) is 5.26 Å². The summed E-state index contributed by atoms with van der Waals surface area (Å²) in [6, 6.07) is 22.9. The Morgan fingerprint density at radius 1 is 0.800 bits per heavy atom. The van der Waals surface area contributed by atoms with E-state index in [1.807, 2.05) is 36.4 Å². The molecule has 0 N–H and O–H groups in total. The summed E-state index contributed by atoms with van der Waals surface area (Å²) in [5.74, 6) is 0. The second-order valence-corrected chi connectivity index (χ2v) is 5.25. The van der Waals surface area contributed by atoms with Gasteiger partial charge in [0.15, 0.2) is 5.54 Å². The van der Waals surface area contributed by atoms with Gasteiger partial charge >= 0.3 is 0 Å². The van der Waals surface area contributed by atoms with Crippen LogP contribution < -0.4 is 0 Å². The fraction of sp³-hybridized carbons (Fsp3) is 0.278. The molecule has 0 aromatic heterocycles. The number of likely N-dealkylation sites (tertiary alicyclic amines) is 1. The van der Waals surface area contributed by atoms with Crippen LogP contribution in [0.15, 0.2) is 60.7 Å². The first kappa shape index (κ1) is 12.9. The van der Waals surface area contributed by atoms with E-state index in [-0.39, 0.29) is 0 Å². The lowest BCUT2D eigenvalue weighted by Crippen LogP contribution is -2.44. The van der Waals surface area contributed by atoms with Gasteiger partial charge in [0.25, 0.3) is 0 Å². The zero-order valence-corrected chi connectivity index (χ0v) is 11.5. The first-order valence-corrected chi connectivity index (χ1v) is 7.15. The molecular formula is C18H18N2. The van der Waals surface area contributed by atoms with E-state index in [1.165, 1.54) is 12.8 Å². The van der Waals surface area contributed by atoms with Crippen LogP contribution in [0.5, 0.6) is 0 Å². The van der Waals surface area contributed by atoms with Gasteiger partial charge in [-0.2, -0.15) is 5.26 Å². The minimum atomic E-state index is -0.654. The second kappa shape index (κ2) is 5.48. The van der Waals surface area contributed by atoms with Gasteiger partial charge in [0.2, 0.25) is 0 Å². The Labute approximate surface area is 120 Å². The van der Waals surface area contributed by atoms with E-state index in [1.54, 1.807) is 0 Å². The Kier molecular flexibility index (Phi) is 3.54. The molecular weight excluding hydrogens is 244 g/mol. The van der Waals surface area contributed by atoms with Crippen LogP contribution in [0.2, 0.25) is 0 Å². The minimum Gasteiger partial charge on any atom is -0.278 e. The Balaban J connectivity index is 2.19. The molecule has 0 amide bonds. The van der Waals surface area contributed by atoms with Crippen LogP contribution in [0.1, 0.15) is 24.0 Å². The van der Waals surface area contributed by atoms with E-state index >= 15 is 0 Å². The second-order valence-electron chi connectivity index (χ2n) is 5.25. The number of hydrogen-bond acceptors (Lipinski definition) is 2. The van der Waals surface area contributed by atoms with Crippen molar-refractivity contribution < 1.29 is 0 Å². The van der Waals surface area contributed by atoms with Crippen molar-refractivity contribution in [3.8, 4) is 6.07 Å². The van der Waals surface area contributed by atoms with Crippen molar-refractivity contribution in [3.63, 3.8) is 0 Å². The van der Waals surface area contributed by atoms with Crippen molar-refractivity contribution in [2.45, 2.75) is 18.4 Å². The van der Waals surface area contributed by atoms with Crippen LogP contribution in [-0.4, -0.2) is 18.0 Å². The molecule has 0 bridgehead atoms. The van der Waals surface area contributed by atoms with Crippen molar-refractivity contribution in [1.82, 2.24) is 4.90 Å². The third kappa shape index (κ3) is 2.01. The number of nitrogens with zero attached hydrogens (tertiary/aromatic N) is 2. The molecule has 1 aliphatic heterocycles. The van der Waals surface area contributed by atoms with Gasteiger partial charge in [0.1, 0.15) is 0 Å². The van der Waals surface area contributed by atoms with E-state index in [4.69, 9.17) is 0 Å². The lowest BCUT2D eigenvalue weighted by atomic mass is 9.82. The van der Waals surface area contributed by atoms with E-state index in [2.05, 4.69) is 35.2 Å².